The van der Waals surface area contributed by atoms with E-state index in [0.29, 0.717) is 13.0 Å². The molecule has 0 radical (unpaired) electrons. The first kappa shape index (κ1) is 10.1. The maximum atomic E-state index is 6.04. The van der Waals surface area contributed by atoms with Crippen molar-refractivity contribution in [3.63, 3.8) is 0 Å². The standard InChI is InChI=1S/C11H12ClN/c1-9-5-4-7-10(11(9)12)6-2-3-8-13/h4-5,7H,3,8,13H2,1H3. The van der Waals surface area contributed by atoms with Crippen LogP contribution in [0.5, 0.6) is 0 Å². The smallest absolute Gasteiger partial charge is 0.0591 e. The Labute approximate surface area is 83.9 Å². The van der Waals surface area contributed by atoms with Crippen LogP contribution in [0.2, 0.25) is 5.02 Å². The van der Waals surface area contributed by atoms with Gasteiger partial charge < -0.3 is 5.73 Å². The van der Waals surface area contributed by atoms with Crippen LogP contribution in [0.15, 0.2) is 18.2 Å². The Kier molecular flexibility index (Phi) is 3.82. The summed E-state index contributed by atoms with van der Waals surface area (Å²) >= 11 is 6.04. The summed E-state index contributed by atoms with van der Waals surface area (Å²) in [6.45, 7) is 2.56. The molecule has 0 fully saturated rings. The van der Waals surface area contributed by atoms with E-state index < -0.39 is 0 Å². The minimum absolute atomic E-state index is 0.594. The van der Waals surface area contributed by atoms with E-state index >= 15 is 0 Å². The summed E-state index contributed by atoms with van der Waals surface area (Å²) in [5, 5.41) is 0.743. The lowest BCUT2D eigenvalue weighted by molar-refractivity contribution is 1.03. The zero-order chi connectivity index (χ0) is 9.68. The molecule has 0 aliphatic carbocycles. The van der Waals surface area contributed by atoms with E-state index in [0.717, 1.165) is 16.1 Å². The van der Waals surface area contributed by atoms with E-state index in [1.165, 1.54) is 0 Å². The largest absolute Gasteiger partial charge is 0.330 e. The van der Waals surface area contributed by atoms with Crippen LogP contribution in [0.3, 0.4) is 0 Å². The number of hydrogen-bond acceptors (Lipinski definition) is 1. The molecule has 0 saturated carbocycles. The van der Waals surface area contributed by atoms with Gasteiger partial charge in [0.25, 0.3) is 0 Å². The van der Waals surface area contributed by atoms with Gasteiger partial charge in [0.2, 0.25) is 0 Å². The van der Waals surface area contributed by atoms with Crippen molar-refractivity contribution in [3.05, 3.63) is 34.3 Å². The van der Waals surface area contributed by atoms with Gasteiger partial charge in [-0.05, 0) is 18.6 Å². The third kappa shape index (κ3) is 2.77. The van der Waals surface area contributed by atoms with Crippen molar-refractivity contribution in [1.82, 2.24) is 0 Å². The van der Waals surface area contributed by atoms with Crippen molar-refractivity contribution in [2.75, 3.05) is 6.54 Å². The van der Waals surface area contributed by atoms with Gasteiger partial charge in [0, 0.05) is 18.5 Å². The van der Waals surface area contributed by atoms with Crippen LogP contribution in [0.25, 0.3) is 0 Å². The second-order valence-electron chi connectivity index (χ2n) is 2.78. The lowest BCUT2D eigenvalue weighted by Crippen LogP contribution is -1.95. The summed E-state index contributed by atoms with van der Waals surface area (Å²) in [5.74, 6) is 5.95. The molecule has 0 spiro atoms. The van der Waals surface area contributed by atoms with Gasteiger partial charge in [-0.3, -0.25) is 0 Å². The number of halogens is 1. The summed E-state index contributed by atoms with van der Waals surface area (Å²) in [6.07, 6.45) is 0.713. The van der Waals surface area contributed by atoms with E-state index in [-0.39, 0.29) is 0 Å². The summed E-state index contributed by atoms with van der Waals surface area (Å²) < 4.78 is 0. The molecule has 1 rings (SSSR count). The first-order chi connectivity index (χ1) is 6.25. The van der Waals surface area contributed by atoms with Crippen LogP contribution < -0.4 is 5.73 Å². The normalized spacial score (nSPS) is 9.15. The van der Waals surface area contributed by atoms with Crippen LogP contribution in [0, 0.1) is 18.8 Å². The van der Waals surface area contributed by atoms with Gasteiger partial charge in [-0.25, -0.2) is 0 Å². The second kappa shape index (κ2) is 4.91. The summed E-state index contributed by atoms with van der Waals surface area (Å²) in [4.78, 5) is 0. The number of hydrogen-bond donors (Lipinski definition) is 1. The van der Waals surface area contributed by atoms with Crippen LogP contribution >= 0.6 is 11.6 Å². The fourth-order valence-electron chi connectivity index (χ4n) is 0.974. The van der Waals surface area contributed by atoms with Crippen molar-refractivity contribution in [1.29, 1.82) is 0 Å². The molecular formula is C11H12ClN. The quantitative estimate of drug-likeness (QED) is 0.681. The first-order valence-corrected chi connectivity index (χ1v) is 4.57. The minimum atomic E-state index is 0.594. The molecule has 13 heavy (non-hydrogen) atoms. The van der Waals surface area contributed by atoms with Gasteiger partial charge in [0.05, 0.1) is 5.02 Å². The van der Waals surface area contributed by atoms with Gasteiger partial charge in [-0.15, -0.1) is 0 Å². The minimum Gasteiger partial charge on any atom is -0.330 e. The molecule has 2 N–H and O–H groups in total. The molecule has 0 atom stereocenters. The molecule has 68 valence electrons. The Morgan fingerprint density at radius 2 is 2.23 bits per heavy atom. The molecular weight excluding hydrogens is 182 g/mol. The molecule has 0 bridgehead atoms. The molecule has 0 unspecified atom stereocenters. The molecule has 0 aliphatic heterocycles. The zero-order valence-corrected chi connectivity index (χ0v) is 8.36. The Hall–Kier alpha value is -0.970. The molecule has 1 aromatic rings. The highest BCUT2D eigenvalue weighted by Gasteiger charge is 1.97. The highest BCUT2D eigenvalue weighted by Crippen LogP contribution is 2.18. The lowest BCUT2D eigenvalue weighted by atomic mass is 10.1. The third-order valence-corrected chi connectivity index (χ3v) is 2.19. The van der Waals surface area contributed by atoms with Gasteiger partial charge >= 0.3 is 0 Å². The summed E-state index contributed by atoms with van der Waals surface area (Å²) in [5.41, 5.74) is 7.27. The molecule has 2 heteroatoms. The maximum Gasteiger partial charge on any atom is 0.0591 e. The van der Waals surface area contributed by atoms with E-state index in [1.54, 1.807) is 0 Å². The molecule has 1 nitrogen and oxygen atoms in total. The summed E-state index contributed by atoms with van der Waals surface area (Å²) in [6, 6.07) is 5.84. The predicted octanol–water partition coefficient (Wildman–Crippen LogP) is 2.35. The van der Waals surface area contributed by atoms with Crippen LogP contribution in [-0.2, 0) is 0 Å². The van der Waals surface area contributed by atoms with Gasteiger partial charge in [-0.1, -0.05) is 35.6 Å². The van der Waals surface area contributed by atoms with Gasteiger partial charge in [0.15, 0.2) is 0 Å². The fourth-order valence-corrected chi connectivity index (χ4v) is 1.15. The Morgan fingerprint density at radius 1 is 1.46 bits per heavy atom. The topological polar surface area (TPSA) is 26.0 Å². The molecule has 0 heterocycles. The zero-order valence-electron chi connectivity index (χ0n) is 7.60. The monoisotopic (exact) mass is 193 g/mol. The van der Waals surface area contributed by atoms with Crippen molar-refractivity contribution < 1.29 is 0 Å². The molecule has 0 saturated heterocycles. The van der Waals surface area contributed by atoms with Crippen molar-refractivity contribution in [3.8, 4) is 11.8 Å². The molecule has 0 amide bonds. The van der Waals surface area contributed by atoms with Crippen molar-refractivity contribution in [2.24, 2.45) is 5.73 Å². The lowest BCUT2D eigenvalue weighted by Gasteiger charge is -1.98. The fraction of sp³-hybridized carbons (Fsp3) is 0.273. The average Bonchev–Trinajstić information content (AvgIpc) is 2.13. The van der Waals surface area contributed by atoms with E-state index in [1.807, 2.05) is 25.1 Å². The molecule has 0 aromatic heterocycles. The Balaban J connectivity index is 2.91. The summed E-state index contributed by atoms with van der Waals surface area (Å²) in [7, 11) is 0. The number of aryl methyl sites for hydroxylation is 1. The first-order valence-electron chi connectivity index (χ1n) is 4.19. The third-order valence-electron chi connectivity index (χ3n) is 1.68. The molecule has 1 aromatic carbocycles. The highest BCUT2D eigenvalue weighted by atomic mass is 35.5. The van der Waals surface area contributed by atoms with Gasteiger partial charge in [-0.2, -0.15) is 0 Å². The SMILES string of the molecule is Cc1cccc(C#CCCN)c1Cl. The number of nitrogens with two attached hydrogens (primary N) is 1. The highest BCUT2D eigenvalue weighted by molar-refractivity contribution is 6.32. The van der Waals surface area contributed by atoms with Crippen molar-refractivity contribution in [2.45, 2.75) is 13.3 Å². The van der Waals surface area contributed by atoms with E-state index in [2.05, 4.69) is 11.8 Å². The average molecular weight is 194 g/mol. The number of rotatable bonds is 1. The van der Waals surface area contributed by atoms with Crippen LogP contribution in [-0.4, -0.2) is 6.54 Å². The van der Waals surface area contributed by atoms with Gasteiger partial charge in [0.1, 0.15) is 0 Å². The maximum absolute atomic E-state index is 6.04. The number of benzene rings is 1. The Bertz CT molecular complexity index is 347. The van der Waals surface area contributed by atoms with Crippen LogP contribution in [0.1, 0.15) is 17.5 Å². The Morgan fingerprint density at radius 3 is 2.92 bits per heavy atom. The van der Waals surface area contributed by atoms with E-state index in [4.69, 9.17) is 17.3 Å². The predicted molar refractivity (Wildman–Crippen MR) is 56.7 cm³/mol. The van der Waals surface area contributed by atoms with Crippen molar-refractivity contribution >= 4 is 11.6 Å². The van der Waals surface area contributed by atoms with Crippen LogP contribution in [0.4, 0.5) is 0 Å². The second-order valence-corrected chi connectivity index (χ2v) is 3.15. The van der Waals surface area contributed by atoms with E-state index in [9.17, 15) is 0 Å². The molecule has 0 aliphatic rings.